The van der Waals surface area contributed by atoms with Gasteiger partial charge >= 0.3 is 0 Å². The number of likely N-dealkylation sites (tertiary alicyclic amines) is 1. The van der Waals surface area contributed by atoms with Crippen molar-refractivity contribution < 1.29 is 4.79 Å². The van der Waals surface area contributed by atoms with Crippen LogP contribution in [0.5, 0.6) is 0 Å². The zero-order valence-electron chi connectivity index (χ0n) is 13.3. The summed E-state index contributed by atoms with van der Waals surface area (Å²) >= 11 is 1.67. The van der Waals surface area contributed by atoms with Crippen molar-refractivity contribution in [2.75, 3.05) is 18.4 Å². The molecule has 22 heavy (non-hydrogen) atoms. The molecule has 0 spiro atoms. The summed E-state index contributed by atoms with van der Waals surface area (Å²) in [5, 5.41) is 4.27. The van der Waals surface area contributed by atoms with Gasteiger partial charge in [-0.05, 0) is 45.6 Å². The lowest BCUT2D eigenvalue weighted by atomic mass is 10.0. The number of carbonyl (C=O) groups excluding carboxylic acids is 1. The first kappa shape index (κ1) is 15.2. The summed E-state index contributed by atoms with van der Waals surface area (Å²) in [6.07, 6.45) is 5.00. The quantitative estimate of drug-likeness (QED) is 0.944. The Morgan fingerprint density at radius 1 is 1.41 bits per heavy atom. The van der Waals surface area contributed by atoms with Crippen LogP contribution in [-0.2, 0) is 4.79 Å². The van der Waals surface area contributed by atoms with Crippen LogP contribution in [0.4, 0.5) is 5.82 Å². The molecular formula is C16H22N4OS. The number of hydrogen-bond acceptors (Lipinski definition) is 5. The summed E-state index contributed by atoms with van der Waals surface area (Å²) in [4.78, 5) is 25.3. The first-order chi connectivity index (χ1) is 10.6. The van der Waals surface area contributed by atoms with E-state index >= 15 is 0 Å². The van der Waals surface area contributed by atoms with Crippen molar-refractivity contribution >= 4 is 33.3 Å². The van der Waals surface area contributed by atoms with Crippen molar-refractivity contribution in [3.05, 3.63) is 16.8 Å². The highest BCUT2D eigenvalue weighted by Gasteiger charge is 2.23. The molecule has 1 aliphatic heterocycles. The van der Waals surface area contributed by atoms with Gasteiger partial charge in [0, 0.05) is 17.5 Å². The van der Waals surface area contributed by atoms with Crippen molar-refractivity contribution in [2.45, 2.75) is 46.1 Å². The van der Waals surface area contributed by atoms with E-state index in [9.17, 15) is 4.79 Å². The second-order valence-electron chi connectivity index (χ2n) is 5.97. The first-order valence-electron chi connectivity index (χ1n) is 7.82. The van der Waals surface area contributed by atoms with Gasteiger partial charge in [-0.25, -0.2) is 9.97 Å². The molecule has 2 aromatic rings. The van der Waals surface area contributed by atoms with Gasteiger partial charge < -0.3 is 10.2 Å². The van der Waals surface area contributed by atoms with E-state index in [1.165, 1.54) is 16.9 Å². The van der Waals surface area contributed by atoms with Gasteiger partial charge in [0.05, 0.1) is 11.9 Å². The molecule has 6 heteroatoms. The number of aromatic nitrogens is 2. The highest BCUT2D eigenvalue weighted by molar-refractivity contribution is 7.18. The molecule has 5 nitrogen and oxygen atoms in total. The van der Waals surface area contributed by atoms with Gasteiger partial charge in [-0.3, -0.25) is 4.79 Å². The van der Waals surface area contributed by atoms with Gasteiger partial charge in [0.1, 0.15) is 17.0 Å². The topological polar surface area (TPSA) is 58.1 Å². The van der Waals surface area contributed by atoms with Crippen LogP contribution in [0.2, 0.25) is 0 Å². The van der Waals surface area contributed by atoms with E-state index in [1.807, 2.05) is 4.90 Å². The van der Waals surface area contributed by atoms with Crippen molar-refractivity contribution in [3.63, 3.8) is 0 Å². The molecule has 1 amide bonds. The fourth-order valence-corrected chi connectivity index (χ4v) is 4.04. The molecule has 0 aliphatic carbocycles. The summed E-state index contributed by atoms with van der Waals surface area (Å²) < 4.78 is 0. The number of rotatable bonds is 3. The van der Waals surface area contributed by atoms with Gasteiger partial charge in [-0.1, -0.05) is 0 Å². The van der Waals surface area contributed by atoms with E-state index in [0.717, 1.165) is 35.4 Å². The molecule has 0 radical (unpaired) electrons. The van der Waals surface area contributed by atoms with Gasteiger partial charge in [-0.15, -0.1) is 11.3 Å². The van der Waals surface area contributed by atoms with E-state index < -0.39 is 0 Å². The van der Waals surface area contributed by atoms with E-state index in [-0.39, 0.29) is 5.91 Å². The Labute approximate surface area is 134 Å². The number of nitrogens with one attached hydrogen (secondary N) is 1. The summed E-state index contributed by atoms with van der Waals surface area (Å²) in [5.41, 5.74) is 1.20. The number of fused-ring (bicyclic) bond motifs is 1. The first-order valence-corrected chi connectivity index (χ1v) is 8.63. The van der Waals surface area contributed by atoms with Crippen molar-refractivity contribution in [1.82, 2.24) is 14.9 Å². The maximum absolute atomic E-state index is 12.4. The minimum absolute atomic E-state index is 0.156. The number of thiophene rings is 1. The SMILES string of the molecule is Cc1sc2ncnc(NCC(=O)N3CCCCC3C)c2c1C. The molecule has 0 bridgehead atoms. The summed E-state index contributed by atoms with van der Waals surface area (Å²) in [6, 6.07) is 0.346. The van der Waals surface area contributed by atoms with Crippen LogP contribution in [0.15, 0.2) is 6.33 Å². The molecule has 1 unspecified atom stereocenters. The van der Waals surface area contributed by atoms with Gasteiger partial charge in [0.25, 0.3) is 0 Å². The lowest BCUT2D eigenvalue weighted by molar-refractivity contribution is -0.132. The molecule has 2 aromatic heterocycles. The number of piperidine rings is 1. The van der Waals surface area contributed by atoms with Crippen LogP contribution in [0.25, 0.3) is 10.2 Å². The van der Waals surface area contributed by atoms with E-state index in [4.69, 9.17) is 0 Å². The Morgan fingerprint density at radius 2 is 2.23 bits per heavy atom. The highest BCUT2D eigenvalue weighted by atomic mass is 32.1. The lowest BCUT2D eigenvalue weighted by Gasteiger charge is -2.33. The maximum atomic E-state index is 12.4. The van der Waals surface area contributed by atoms with Crippen LogP contribution < -0.4 is 5.32 Å². The molecule has 1 saturated heterocycles. The predicted molar refractivity (Wildman–Crippen MR) is 90.4 cm³/mol. The second kappa shape index (κ2) is 6.20. The molecule has 0 saturated carbocycles. The van der Waals surface area contributed by atoms with Crippen LogP contribution >= 0.6 is 11.3 Å². The standard InChI is InChI=1S/C16H22N4OS/c1-10-6-4-5-7-20(10)13(21)8-17-15-14-11(2)12(3)22-16(14)19-9-18-15/h9-10H,4-8H2,1-3H3,(H,17,18,19). The van der Waals surface area contributed by atoms with Crippen molar-refractivity contribution in [2.24, 2.45) is 0 Å². The second-order valence-corrected chi connectivity index (χ2v) is 7.17. The Bertz CT molecular complexity index is 697. The number of hydrogen-bond donors (Lipinski definition) is 1. The highest BCUT2D eigenvalue weighted by Crippen LogP contribution is 2.32. The Kier molecular flexibility index (Phi) is 4.29. The third-order valence-electron chi connectivity index (χ3n) is 4.50. The zero-order valence-corrected chi connectivity index (χ0v) is 14.2. The van der Waals surface area contributed by atoms with Crippen LogP contribution in [0.1, 0.15) is 36.6 Å². The van der Waals surface area contributed by atoms with Crippen molar-refractivity contribution in [1.29, 1.82) is 0 Å². The third-order valence-corrected chi connectivity index (χ3v) is 5.61. The average molecular weight is 318 g/mol. The average Bonchev–Trinajstić information content (AvgIpc) is 2.81. The van der Waals surface area contributed by atoms with Gasteiger partial charge in [0.15, 0.2) is 0 Å². The van der Waals surface area contributed by atoms with Crippen LogP contribution in [0, 0.1) is 13.8 Å². The van der Waals surface area contributed by atoms with E-state index in [0.29, 0.717) is 12.6 Å². The zero-order chi connectivity index (χ0) is 15.7. The normalized spacial score (nSPS) is 18.7. The number of aryl methyl sites for hydroxylation is 2. The number of amides is 1. The fourth-order valence-electron chi connectivity index (χ4n) is 3.05. The molecule has 118 valence electrons. The van der Waals surface area contributed by atoms with Gasteiger partial charge in [-0.2, -0.15) is 0 Å². The lowest BCUT2D eigenvalue weighted by Crippen LogP contribution is -2.44. The van der Waals surface area contributed by atoms with Crippen LogP contribution in [-0.4, -0.2) is 39.9 Å². The Hall–Kier alpha value is -1.69. The predicted octanol–water partition coefficient (Wildman–Crippen LogP) is 3.12. The summed E-state index contributed by atoms with van der Waals surface area (Å²) in [7, 11) is 0. The van der Waals surface area contributed by atoms with E-state index in [2.05, 4.69) is 36.1 Å². The smallest absolute Gasteiger partial charge is 0.242 e. The molecule has 3 heterocycles. The third kappa shape index (κ3) is 2.79. The fraction of sp³-hybridized carbons (Fsp3) is 0.562. The summed E-state index contributed by atoms with van der Waals surface area (Å²) in [5.74, 6) is 0.924. The molecular weight excluding hydrogens is 296 g/mol. The Morgan fingerprint density at radius 3 is 3.00 bits per heavy atom. The maximum Gasteiger partial charge on any atom is 0.242 e. The Balaban J connectivity index is 1.75. The minimum Gasteiger partial charge on any atom is -0.360 e. The molecule has 3 rings (SSSR count). The molecule has 1 aliphatic rings. The summed E-state index contributed by atoms with van der Waals surface area (Å²) in [6.45, 7) is 7.47. The molecule has 1 atom stereocenters. The molecule has 1 N–H and O–H groups in total. The molecule has 1 fully saturated rings. The number of anilines is 1. The van der Waals surface area contributed by atoms with E-state index in [1.54, 1.807) is 17.7 Å². The number of nitrogens with zero attached hydrogens (tertiary/aromatic N) is 3. The molecule has 0 aromatic carbocycles. The largest absolute Gasteiger partial charge is 0.360 e. The number of carbonyl (C=O) groups is 1. The van der Waals surface area contributed by atoms with Gasteiger partial charge in [0.2, 0.25) is 5.91 Å². The van der Waals surface area contributed by atoms with Crippen LogP contribution in [0.3, 0.4) is 0 Å². The van der Waals surface area contributed by atoms with Crippen molar-refractivity contribution in [3.8, 4) is 0 Å². The minimum atomic E-state index is 0.156. The monoisotopic (exact) mass is 318 g/mol.